The molecule has 0 heterocycles. The van der Waals surface area contributed by atoms with Gasteiger partial charge in [-0.05, 0) is 41.0 Å². The average molecular weight is 256 g/mol. The molecule has 2 aromatic rings. The van der Waals surface area contributed by atoms with Crippen LogP contribution in [0, 0.1) is 0 Å². The molecule has 0 unspecified atom stereocenters. The Kier molecular flexibility index (Phi) is 4.48. The Morgan fingerprint density at radius 1 is 0.889 bits per heavy atom. The van der Waals surface area contributed by atoms with Gasteiger partial charge >= 0.3 is 0 Å². The zero-order valence-electron chi connectivity index (χ0n) is 10.1. The normalized spacial score (nSPS) is 10.9. The number of phenolic OH excluding ortho intramolecular Hbond substituents is 1. The lowest BCUT2D eigenvalue weighted by molar-refractivity contribution is 0.475. The minimum absolute atomic E-state index is 0.296. The summed E-state index contributed by atoms with van der Waals surface area (Å²) in [4.78, 5) is 0. The number of phenols is 1. The van der Waals surface area contributed by atoms with E-state index in [1.54, 1.807) is 12.1 Å². The molecule has 0 saturated carbocycles. The molecule has 0 fully saturated rings. The minimum atomic E-state index is 0.296. The highest BCUT2D eigenvalue weighted by Crippen LogP contribution is 2.22. The van der Waals surface area contributed by atoms with Gasteiger partial charge in [0.05, 0.1) is 0 Å². The summed E-state index contributed by atoms with van der Waals surface area (Å²) < 4.78 is 0. The van der Waals surface area contributed by atoms with Gasteiger partial charge in [-0.25, -0.2) is 0 Å². The Morgan fingerprint density at radius 3 is 2.00 bits per heavy atom. The summed E-state index contributed by atoms with van der Waals surface area (Å²) in [5.74, 6) is 1.17. The molecule has 2 aromatic carbocycles. The molecule has 0 atom stereocenters. The van der Waals surface area contributed by atoms with Crippen molar-refractivity contribution in [2.75, 3.05) is 5.75 Å². The Labute approximate surface area is 113 Å². The van der Waals surface area contributed by atoms with E-state index in [1.807, 2.05) is 12.1 Å². The topological polar surface area (TPSA) is 20.2 Å². The first-order chi connectivity index (χ1) is 8.79. The molecule has 0 radical (unpaired) electrons. The number of allylic oxidation sites excluding steroid dienone is 1. The van der Waals surface area contributed by atoms with E-state index in [2.05, 4.69) is 49.0 Å². The highest BCUT2D eigenvalue weighted by Gasteiger charge is 1.97. The van der Waals surface area contributed by atoms with Gasteiger partial charge in [-0.3, -0.25) is 0 Å². The van der Waals surface area contributed by atoms with E-state index in [-0.39, 0.29) is 0 Å². The SMILES string of the molecule is Oc1ccc(-c2ccc(C=CCCS)cc2)cc1. The Hall–Kier alpha value is -1.67. The van der Waals surface area contributed by atoms with Gasteiger partial charge in [0.15, 0.2) is 0 Å². The van der Waals surface area contributed by atoms with Gasteiger partial charge in [-0.2, -0.15) is 12.6 Å². The Bertz CT molecular complexity index is 512. The fourth-order valence-electron chi connectivity index (χ4n) is 1.73. The molecule has 92 valence electrons. The fourth-order valence-corrected chi connectivity index (χ4v) is 1.88. The number of hydrogen-bond donors (Lipinski definition) is 2. The summed E-state index contributed by atoms with van der Waals surface area (Å²) >= 11 is 4.17. The molecule has 0 aliphatic heterocycles. The summed E-state index contributed by atoms with van der Waals surface area (Å²) in [6.45, 7) is 0. The average Bonchev–Trinajstić information content (AvgIpc) is 2.41. The van der Waals surface area contributed by atoms with Crippen LogP contribution in [0.15, 0.2) is 54.6 Å². The van der Waals surface area contributed by atoms with Crippen molar-refractivity contribution in [3.8, 4) is 16.9 Å². The quantitative estimate of drug-likeness (QED) is 0.777. The van der Waals surface area contributed by atoms with Crippen LogP contribution in [-0.4, -0.2) is 10.9 Å². The first-order valence-electron chi connectivity index (χ1n) is 5.96. The molecule has 0 amide bonds. The first kappa shape index (κ1) is 12.8. The highest BCUT2D eigenvalue weighted by molar-refractivity contribution is 7.80. The van der Waals surface area contributed by atoms with E-state index in [1.165, 1.54) is 5.56 Å². The molecule has 0 saturated heterocycles. The number of hydrogen-bond acceptors (Lipinski definition) is 2. The second-order valence-electron chi connectivity index (χ2n) is 4.08. The van der Waals surface area contributed by atoms with Gasteiger partial charge in [-0.1, -0.05) is 48.6 Å². The molecule has 1 nitrogen and oxygen atoms in total. The van der Waals surface area contributed by atoms with Crippen LogP contribution in [0.1, 0.15) is 12.0 Å². The zero-order valence-corrected chi connectivity index (χ0v) is 11.0. The third-order valence-corrected chi connectivity index (χ3v) is 2.98. The lowest BCUT2D eigenvalue weighted by Crippen LogP contribution is -1.78. The molecule has 1 N–H and O–H groups in total. The zero-order chi connectivity index (χ0) is 12.8. The first-order valence-corrected chi connectivity index (χ1v) is 6.60. The number of thiol groups is 1. The molecule has 0 aromatic heterocycles. The van der Waals surface area contributed by atoms with Crippen LogP contribution in [-0.2, 0) is 0 Å². The Morgan fingerprint density at radius 2 is 1.44 bits per heavy atom. The second-order valence-corrected chi connectivity index (χ2v) is 4.53. The molecular weight excluding hydrogens is 240 g/mol. The van der Waals surface area contributed by atoms with Gasteiger partial charge < -0.3 is 5.11 Å². The van der Waals surface area contributed by atoms with E-state index >= 15 is 0 Å². The van der Waals surface area contributed by atoms with Crippen molar-refractivity contribution in [3.63, 3.8) is 0 Å². The van der Waals surface area contributed by atoms with E-state index < -0.39 is 0 Å². The van der Waals surface area contributed by atoms with Gasteiger partial charge in [0.2, 0.25) is 0 Å². The summed E-state index contributed by atoms with van der Waals surface area (Å²) in [5, 5.41) is 9.25. The molecule has 0 aliphatic carbocycles. The van der Waals surface area contributed by atoms with Crippen molar-refractivity contribution in [1.29, 1.82) is 0 Å². The van der Waals surface area contributed by atoms with Crippen LogP contribution in [0.25, 0.3) is 17.2 Å². The fraction of sp³-hybridized carbons (Fsp3) is 0.125. The van der Waals surface area contributed by atoms with Crippen LogP contribution < -0.4 is 0 Å². The molecular formula is C16H16OS. The number of rotatable bonds is 4. The van der Waals surface area contributed by atoms with Crippen LogP contribution in [0.5, 0.6) is 5.75 Å². The van der Waals surface area contributed by atoms with Crippen molar-refractivity contribution in [3.05, 3.63) is 60.2 Å². The smallest absolute Gasteiger partial charge is 0.115 e. The minimum Gasteiger partial charge on any atom is -0.508 e. The highest BCUT2D eigenvalue weighted by atomic mass is 32.1. The van der Waals surface area contributed by atoms with Gasteiger partial charge in [-0.15, -0.1) is 0 Å². The van der Waals surface area contributed by atoms with Crippen molar-refractivity contribution in [2.24, 2.45) is 0 Å². The van der Waals surface area contributed by atoms with Gasteiger partial charge in [0.25, 0.3) is 0 Å². The molecule has 0 bridgehead atoms. The maximum atomic E-state index is 9.25. The third-order valence-electron chi connectivity index (χ3n) is 2.72. The predicted octanol–water partition coefficient (Wildman–Crippen LogP) is 4.39. The summed E-state index contributed by atoms with van der Waals surface area (Å²) in [6, 6.07) is 15.6. The molecule has 0 aliphatic rings. The summed E-state index contributed by atoms with van der Waals surface area (Å²) in [7, 11) is 0. The van der Waals surface area contributed by atoms with Crippen LogP contribution in [0.2, 0.25) is 0 Å². The second kappa shape index (κ2) is 6.31. The van der Waals surface area contributed by atoms with Crippen molar-refractivity contribution in [2.45, 2.75) is 6.42 Å². The predicted molar refractivity (Wildman–Crippen MR) is 81.0 cm³/mol. The summed E-state index contributed by atoms with van der Waals surface area (Å²) in [5.41, 5.74) is 3.46. The van der Waals surface area contributed by atoms with Crippen LogP contribution in [0.4, 0.5) is 0 Å². The van der Waals surface area contributed by atoms with E-state index in [0.29, 0.717) is 5.75 Å². The lowest BCUT2D eigenvalue weighted by atomic mass is 10.0. The van der Waals surface area contributed by atoms with E-state index in [9.17, 15) is 5.11 Å². The Balaban J connectivity index is 2.14. The lowest BCUT2D eigenvalue weighted by Gasteiger charge is -2.02. The number of aromatic hydroxyl groups is 1. The molecule has 18 heavy (non-hydrogen) atoms. The summed E-state index contributed by atoms with van der Waals surface area (Å²) in [6.07, 6.45) is 5.22. The molecule has 2 heteroatoms. The maximum absolute atomic E-state index is 9.25. The number of benzene rings is 2. The van der Waals surface area contributed by atoms with Crippen molar-refractivity contribution < 1.29 is 5.11 Å². The van der Waals surface area contributed by atoms with Gasteiger partial charge in [0, 0.05) is 0 Å². The van der Waals surface area contributed by atoms with Crippen molar-refractivity contribution >= 4 is 18.7 Å². The standard InChI is InChI=1S/C16H16OS/c17-16-10-8-15(9-11-16)14-6-4-13(5-7-14)3-1-2-12-18/h1,3-11,17-18H,2,12H2. The molecule has 0 spiro atoms. The van der Waals surface area contributed by atoms with Crippen LogP contribution >= 0.6 is 12.6 Å². The van der Waals surface area contributed by atoms with E-state index in [4.69, 9.17) is 0 Å². The van der Waals surface area contributed by atoms with Crippen molar-refractivity contribution in [1.82, 2.24) is 0 Å². The van der Waals surface area contributed by atoms with Gasteiger partial charge in [0.1, 0.15) is 5.75 Å². The largest absolute Gasteiger partial charge is 0.508 e. The maximum Gasteiger partial charge on any atom is 0.115 e. The van der Waals surface area contributed by atoms with Crippen LogP contribution in [0.3, 0.4) is 0 Å². The molecule has 2 rings (SSSR count). The monoisotopic (exact) mass is 256 g/mol. The van der Waals surface area contributed by atoms with E-state index in [0.717, 1.165) is 23.3 Å². The third kappa shape index (κ3) is 3.41.